The van der Waals surface area contributed by atoms with Crippen molar-refractivity contribution in [3.63, 3.8) is 0 Å². The number of aliphatic hydroxyl groups is 1. The number of hydrogen-bond acceptors (Lipinski definition) is 2. The Morgan fingerprint density at radius 3 is 2.20 bits per heavy atom. The van der Waals surface area contributed by atoms with E-state index in [9.17, 15) is 5.11 Å². The highest BCUT2D eigenvalue weighted by molar-refractivity contribution is 4.86. The van der Waals surface area contributed by atoms with E-state index in [-0.39, 0.29) is 6.10 Å². The van der Waals surface area contributed by atoms with Gasteiger partial charge in [-0.15, -0.1) is 0 Å². The van der Waals surface area contributed by atoms with Crippen molar-refractivity contribution in [3.8, 4) is 0 Å². The van der Waals surface area contributed by atoms with Crippen molar-refractivity contribution in [2.45, 2.75) is 59.1 Å². The molecule has 1 rings (SSSR count). The van der Waals surface area contributed by atoms with Crippen molar-refractivity contribution >= 4 is 0 Å². The van der Waals surface area contributed by atoms with Crippen LogP contribution in [0.2, 0.25) is 0 Å². The van der Waals surface area contributed by atoms with Gasteiger partial charge in [0.05, 0.1) is 6.10 Å². The average Bonchev–Trinajstić information content (AvgIpc) is 2.94. The number of nitrogens with zero attached hydrogens (tertiary/aromatic N) is 1. The summed E-state index contributed by atoms with van der Waals surface area (Å²) < 4.78 is 0. The molecule has 15 heavy (non-hydrogen) atoms. The maximum absolute atomic E-state index is 9.90. The van der Waals surface area contributed by atoms with Crippen molar-refractivity contribution in [1.29, 1.82) is 0 Å². The third-order valence-corrected chi connectivity index (χ3v) is 3.25. The summed E-state index contributed by atoms with van der Waals surface area (Å²) in [6, 6.07) is 0.775. The van der Waals surface area contributed by atoms with Crippen LogP contribution in [0.5, 0.6) is 0 Å². The Morgan fingerprint density at radius 2 is 1.80 bits per heavy atom. The van der Waals surface area contributed by atoms with Crippen LogP contribution in [0.1, 0.15) is 47.0 Å². The molecule has 0 bridgehead atoms. The van der Waals surface area contributed by atoms with E-state index < -0.39 is 0 Å². The fraction of sp³-hybridized carbons (Fsp3) is 1.00. The molecular formula is C13H27NO. The van der Waals surface area contributed by atoms with Gasteiger partial charge in [-0.2, -0.15) is 0 Å². The minimum Gasteiger partial charge on any atom is -0.392 e. The summed E-state index contributed by atoms with van der Waals surface area (Å²) in [6.07, 6.45) is 3.77. The predicted molar refractivity (Wildman–Crippen MR) is 64.9 cm³/mol. The fourth-order valence-corrected chi connectivity index (χ4v) is 1.74. The lowest BCUT2D eigenvalue weighted by atomic mass is 10.1. The molecule has 1 saturated carbocycles. The molecule has 1 N–H and O–H groups in total. The molecule has 1 atom stereocenters. The minimum absolute atomic E-state index is 0.155. The molecule has 0 heterocycles. The van der Waals surface area contributed by atoms with Gasteiger partial charge in [0.2, 0.25) is 0 Å². The summed E-state index contributed by atoms with van der Waals surface area (Å²) in [4.78, 5) is 2.49. The zero-order valence-corrected chi connectivity index (χ0v) is 10.7. The third-order valence-electron chi connectivity index (χ3n) is 3.25. The lowest BCUT2D eigenvalue weighted by Gasteiger charge is -2.27. The molecule has 0 spiro atoms. The molecule has 2 nitrogen and oxygen atoms in total. The molecule has 90 valence electrons. The van der Waals surface area contributed by atoms with Gasteiger partial charge in [0, 0.05) is 12.6 Å². The van der Waals surface area contributed by atoms with Crippen molar-refractivity contribution in [2.75, 3.05) is 13.1 Å². The van der Waals surface area contributed by atoms with Crippen LogP contribution in [0.3, 0.4) is 0 Å². The van der Waals surface area contributed by atoms with E-state index in [1.165, 1.54) is 19.3 Å². The maximum atomic E-state index is 9.90. The zero-order chi connectivity index (χ0) is 11.4. The van der Waals surface area contributed by atoms with Gasteiger partial charge >= 0.3 is 0 Å². The Hall–Kier alpha value is -0.0800. The molecule has 1 fully saturated rings. The Bertz CT molecular complexity index is 175. The standard InChI is InChI=1S/C13H27NO/c1-10(2)7-8-14(12-5-6-12)9-13(15)11(3)4/h10-13,15H,5-9H2,1-4H3. The van der Waals surface area contributed by atoms with Gasteiger partial charge in [-0.3, -0.25) is 4.90 Å². The Morgan fingerprint density at radius 1 is 1.20 bits per heavy atom. The Labute approximate surface area is 94.7 Å². The molecular weight excluding hydrogens is 186 g/mol. The average molecular weight is 213 g/mol. The van der Waals surface area contributed by atoms with Crippen LogP contribution >= 0.6 is 0 Å². The first kappa shape index (κ1) is 13.0. The highest BCUT2D eigenvalue weighted by Gasteiger charge is 2.30. The Balaban J connectivity index is 2.30. The van der Waals surface area contributed by atoms with Gasteiger partial charge in [0.25, 0.3) is 0 Å². The summed E-state index contributed by atoms with van der Waals surface area (Å²) in [5, 5.41) is 9.90. The molecule has 0 saturated heterocycles. The monoisotopic (exact) mass is 213 g/mol. The highest BCUT2D eigenvalue weighted by Crippen LogP contribution is 2.28. The number of aliphatic hydroxyl groups excluding tert-OH is 1. The third kappa shape index (κ3) is 4.98. The fourth-order valence-electron chi connectivity index (χ4n) is 1.74. The van der Waals surface area contributed by atoms with E-state index in [0.717, 1.165) is 25.0 Å². The lowest BCUT2D eigenvalue weighted by molar-refractivity contribution is 0.0709. The molecule has 0 radical (unpaired) electrons. The van der Waals surface area contributed by atoms with Crippen LogP contribution in [-0.4, -0.2) is 35.2 Å². The number of hydrogen-bond donors (Lipinski definition) is 1. The first-order chi connectivity index (χ1) is 7.00. The summed E-state index contributed by atoms with van der Waals surface area (Å²) in [7, 11) is 0. The quantitative estimate of drug-likeness (QED) is 0.702. The van der Waals surface area contributed by atoms with Gasteiger partial charge in [0.15, 0.2) is 0 Å². The molecule has 0 aliphatic heterocycles. The van der Waals surface area contributed by atoms with Crippen molar-refractivity contribution < 1.29 is 5.11 Å². The van der Waals surface area contributed by atoms with Crippen LogP contribution in [-0.2, 0) is 0 Å². The lowest BCUT2D eigenvalue weighted by Crippen LogP contribution is -2.37. The van der Waals surface area contributed by atoms with Gasteiger partial charge in [-0.25, -0.2) is 0 Å². The van der Waals surface area contributed by atoms with Crippen LogP contribution < -0.4 is 0 Å². The first-order valence-electron chi connectivity index (χ1n) is 6.42. The summed E-state index contributed by atoms with van der Waals surface area (Å²) >= 11 is 0. The van der Waals surface area contributed by atoms with E-state index in [2.05, 4.69) is 32.6 Å². The second kappa shape index (κ2) is 5.86. The Kier molecular flexibility index (Phi) is 5.07. The van der Waals surface area contributed by atoms with Crippen molar-refractivity contribution in [3.05, 3.63) is 0 Å². The van der Waals surface area contributed by atoms with Gasteiger partial charge < -0.3 is 5.11 Å². The second-order valence-corrected chi connectivity index (χ2v) is 5.72. The number of rotatable bonds is 7. The molecule has 2 heteroatoms. The first-order valence-corrected chi connectivity index (χ1v) is 6.42. The molecule has 0 aromatic heterocycles. The summed E-state index contributed by atoms with van der Waals surface area (Å²) in [5.41, 5.74) is 0. The van der Waals surface area contributed by atoms with E-state index in [1.54, 1.807) is 0 Å². The van der Waals surface area contributed by atoms with Gasteiger partial charge in [0.1, 0.15) is 0 Å². The van der Waals surface area contributed by atoms with E-state index in [0.29, 0.717) is 5.92 Å². The molecule has 0 amide bonds. The van der Waals surface area contributed by atoms with E-state index in [4.69, 9.17) is 0 Å². The largest absolute Gasteiger partial charge is 0.392 e. The predicted octanol–water partition coefficient (Wildman–Crippen LogP) is 2.51. The van der Waals surface area contributed by atoms with Crippen LogP contribution in [0.4, 0.5) is 0 Å². The van der Waals surface area contributed by atoms with Crippen molar-refractivity contribution in [1.82, 2.24) is 4.90 Å². The van der Waals surface area contributed by atoms with Crippen LogP contribution in [0, 0.1) is 11.8 Å². The van der Waals surface area contributed by atoms with Crippen molar-refractivity contribution in [2.24, 2.45) is 11.8 Å². The normalized spacial score (nSPS) is 19.2. The molecule has 1 aliphatic carbocycles. The molecule has 1 aliphatic rings. The second-order valence-electron chi connectivity index (χ2n) is 5.72. The minimum atomic E-state index is -0.155. The SMILES string of the molecule is CC(C)CCN(CC(O)C(C)C)C1CC1. The zero-order valence-electron chi connectivity index (χ0n) is 10.7. The van der Waals surface area contributed by atoms with Crippen LogP contribution in [0.15, 0.2) is 0 Å². The maximum Gasteiger partial charge on any atom is 0.0690 e. The molecule has 0 aromatic carbocycles. The summed E-state index contributed by atoms with van der Waals surface area (Å²) in [6.45, 7) is 10.8. The molecule has 0 aromatic rings. The van der Waals surface area contributed by atoms with E-state index in [1.807, 2.05) is 0 Å². The summed E-state index contributed by atoms with van der Waals surface area (Å²) in [5.74, 6) is 1.15. The molecule has 1 unspecified atom stereocenters. The smallest absolute Gasteiger partial charge is 0.0690 e. The van der Waals surface area contributed by atoms with Gasteiger partial charge in [-0.1, -0.05) is 27.7 Å². The van der Waals surface area contributed by atoms with E-state index >= 15 is 0 Å². The highest BCUT2D eigenvalue weighted by atomic mass is 16.3. The van der Waals surface area contributed by atoms with Gasteiger partial charge in [-0.05, 0) is 37.6 Å². The topological polar surface area (TPSA) is 23.5 Å². The van der Waals surface area contributed by atoms with Crippen LogP contribution in [0.25, 0.3) is 0 Å².